The number of fused-ring (bicyclic) bond motifs is 1. The molecule has 172 valence electrons. The van der Waals surface area contributed by atoms with Crippen molar-refractivity contribution in [2.75, 3.05) is 6.26 Å². The van der Waals surface area contributed by atoms with Crippen molar-refractivity contribution >= 4 is 15.5 Å². The molecular formula is C23H20F3N3O3S. The quantitative estimate of drug-likeness (QED) is 0.368. The Hall–Kier alpha value is -3.40. The van der Waals surface area contributed by atoms with E-state index in [0.717, 1.165) is 12.3 Å². The van der Waals surface area contributed by atoms with Gasteiger partial charge in [-0.2, -0.15) is 13.2 Å². The normalized spacial score (nSPS) is 12.5. The van der Waals surface area contributed by atoms with Crippen molar-refractivity contribution in [3.8, 4) is 23.0 Å². The van der Waals surface area contributed by atoms with Gasteiger partial charge in [-0.15, -0.1) is 0 Å². The van der Waals surface area contributed by atoms with Crippen molar-refractivity contribution in [2.45, 2.75) is 30.8 Å². The van der Waals surface area contributed by atoms with Crippen LogP contribution in [0, 0.1) is 0 Å². The van der Waals surface area contributed by atoms with Gasteiger partial charge in [-0.1, -0.05) is 26.0 Å². The first kappa shape index (κ1) is 22.8. The molecule has 0 aliphatic carbocycles. The highest BCUT2D eigenvalue weighted by molar-refractivity contribution is 7.90. The van der Waals surface area contributed by atoms with Gasteiger partial charge in [0.15, 0.2) is 9.84 Å². The fourth-order valence-electron chi connectivity index (χ4n) is 3.46. The number of alkyl halides is 3. The fraction of sp³-hybridized carbons (Fsp3) is 0.217. The summed E-state index contributed by atoms with van der Waals surface area (Å²) >= 11 is 0. The van der Waals surface area contributed by atoms with Gasteiger partial charge in [0, 0.05) is 18.5 Å². The molecule has 4 rings (SSSR count). The maximum absolute atomic E-state index is 13.6. The van der Waals surface area contributed by atoms with Gasteiger partial charge in [0.2, 0.25) is 5.88 Å². The first-order chi connectivity index (χ1) is 15.4. The third kappa shape index (κ3) is 4.56. The number of halogens is 3. The lowest BCUT2D eigenvalue weighted by Gasteiger charge is -2.11. The van der Waals surface area contributed by atoms with E-state index in [1.165, 1.54) is 28.8 Å². The van der Waals surface area contributed by atoms with Crippen molar-refractivity contribution < 1.29 is 26.3 Å². The third-order valence-electron chi connectivity index (χ3n) is 4.95. The molecule has 0 spiro atoms. The summed E-state index contributed by atoms with van der Waals surface area (Å²) in [5.41, 5.74) is 0.250. The van der Waals surface area contributed by atoms with Crippen LogP contribution in [0.15, 0.2) is 65.7 Å². The van der Waals surface area contributed by atoms with Gasteiger partial charge in [0.05, 0.1) is 27.5 Å². The molecule has 0 bridgehead atoms. The molecular weight excluding hydrogens is 455 g/mol. The molecule has 4 aromatic rings. The van der Waals surface area contributed by atoms with Gasteiger partial charge in [-0.05, 0) is 42.3 Å². The van der Waals surface area contributed by atoms with Crippen molar-refractivity contribution in [3.05, 3.63) is 72.1 Å². The Morgan fingerprint density at radius 3 is 2.39 bits per heavy atom. The van der Waals surface area contributed by atoms with Crippen LogP contribution in [-0.2, 0) is 16.0 Å². The molecule has 1 aromatic carbocycles. The Kier molecular flexibility index (Phi) is 5.65. The Bertz CT molecular complexity index is 1440. The number of ether oxygens (including phenoxy) is 1. The molecule has 0 saturated carbocycles. The van der Waals surface area contributed by atoms with Gasteiger partial charge >= 0.3 is 6.18 Å². The molecule has 0 atom stereocenters. The Morgan fingerprint density at radius 2 is 1.73 bits per heavy atom. The van der Waals surface area contributed by atoms with Gasteiger partial charge in [-0.25, -0.2) is 18.4 Å². The summed E-state index contributed by atoms with van der Waals surface area (Å²) in [7, 11) is -3.42. The second-order valence-electron chi connectivity index (χ2n) is 7.82. The zero-order valence-corrected chi connectivity index (χ0v) is 18.8. The molecule has 3 heterocycles. The lowest BCUT2D eigenvalue weighted by Crippen LogP contribution is -2.07. The highest BCUT2D eigenvalue weighted by Crippen LogP contribution is 2.37. The van der Waals surface area contributed by atoms with Crippen molar-refractivity contribution in [3.63, 3.8) is 0 Å². The standard InChI is InChI=1S/C23H20F3N3O3S/c1-14(2)20-21(29-12-6-9-17(22(29)28-20)23(24,25)26)18-10-5-11-19(27-18)32-15-7-4-8-16(13-15)33(3,30)31/h4-14H,1-3H3. The van der Waals surface area contributed by atoms with Gasteiger partial charge in [0.1, 0.15) is 11.4 Å². The lowest BCUT2D eigenvalue weighted by molar-refractivity contribution is -0.136. The van der Waals surface area contributed by atoms with E-state index in [2.05, 4.69) is 9.97 Å². The van der Waals surface area contributed by atoms with E-state index in [9.17, 15) is 21.6 Å². The molecule has 0 radical (unpaired) electrons. The minimum absolute atomic E-state index is 0.0970. The molecule has 6 nitrogen and oxygen atoms in total. The first-order valence-corrected chi connectivity index (χ1v) is 11.9. The summed E-state index contributed by atoms with van der Waals surface area (Å²) in [6.07, 6.45) is -1.94. The predicted octanol–water partition coefficient (Wildman–Crippen LogP) is 5.73. The van der Waals surface area contributed by atoms with Crippen LogP contribution in [0.5, 0.6) is 11.6 Å². The first-order valence-electron chi connectivity index (χ1n) is 9.98. The minimum Gasteiger partial charge on any atom is -0.439 e. The van der Waals surface area contributed by atoms with E-state index < -0.39 is 21.6 Å². The average Bonchev–Trinajstić information content (AvgIpc) is 3.13. The van der Waals surface area contributed by atoms with Gasteiger partial charge in [0.25, 0.3) is 0 Å². The second-order valence-corrected chi connectivity index (χ2v) is 9.84. The maximum Gasteiger partial charge on any atom is 0.419 e. The Labute approximate surface area is 188 Å². The molecule has 33 heavy (non-hydrogen) atoms. The van der Waals surface area contributed by atoms with Crippen LogP contribution in [-0.4, -0.2) is 29.0 Å². The number of hydrogen-bond donors (Lipinski definition) is 0. The van der Waals surface area contributed by atoms with Crippen molar-refractivity contribution in [1.82, 2.24) is 14.4 Å². The largest absolute Gasteiger partial charge is 0.439 e. The van der Waals surface area contributed by atoms with E-state index in [0.29, 0.717) is 17.1 Å². The summed E-state index contributed by atoms with van der Waals surface area (Å²) in [5.74, 6) is 0.262. The number of pyridine rings is 2. The molecule has 0 saturated heterocycles. The van der Waals surface area contributed by atoms with Crippen LogP contribution in [0.3, 0.4) is 0 Å². The van der Waals surface area contributed by atoms with Crippen LogP contribution in [0.25, 0.3) is 17.0 Å². The predicted molar refractivity (Wildman–Crippen MR) is 117 cm³/mol. The molecule has 0 unspecified atom stereocenters. The van der Waals surface area contributed by atoms with E-state index >= 15 is 0 Å². The highest BCUT2D eigenvalue weighted by Gasteiger charge is 2.35. The second kappa shape index (κ2) is 8.18. The average molecular weight is 475 g/mol. The van der Waals surface area contributed by atoms with Crippen molar-refractivity contribution in [1.29, 1.82) is 0 Å². The van der Waals surface area contributed by atoms with Crippen LogP contribution in [0.2, 0.25) is 0 Å². The monoisotopic (exact) mass is 475 g/mol. The molecule has 0 amide bonds. The number of rotatable bonds is 5. The van der Waals surface area contributed by atoms with Crippen LogP contribution in [0.4, 0.5) is 13.2 Å². The number of sulfone groups is 1. The molecule has 0 aliphatic rings. The topological polar surface area (TPSA) is 73.6 Å². The number of aromatic nitrogens is 3. The Balaban J connectivity index is 1.82. The van der Waals surface area contributed by atoms with Gasteiger partial charge in [-0.3, -0.25) is 4.40 Å². The molecule has 10 heteroatoms. The van der Waals surface area contributed by atoms with E-state index in [1.807, 2.05) is 13.8 Å². The lowest BCUT2D eigenvalue weighted by atomic mass is 10.1. The fourth-order valence-corrected chi connectivity index (χ4v) is 4.11. The van der Waals surface area contributed by atoms with E-state index in [1.54, 1.807) is 30.3 Å². The number of hydrogen-bond acceptors (Lipinski definition) is 5. The number of imidazole rings is 1. The number of benzene rings is 1. The maximum atomic E-state index is 13.6. The summed E-state index contributed by atoms with van der Waals surface area (Å²) in [4.78, 5) is 8.87. The summed E-state index contributed by atoms with van der Waals surface area (Å²) < 4.78 is 71.4. The third-order valence-corrected chi connectivity index (χ3v) is 6.06. The van der Waals surface area contributed by atoms with Gasteiger partial charge < -0.3 is 4.74 Å². The zero-order valence-electron chi connectivity index (χ0n) is 18.0. The summed E-state index contributed by atoms with van der Waals surface area (Å²) in [5, 5.41) is 0. The summed E-state index contributed by atoms with van der Waals surface area (Å²) in [6, 6.07) is 13.2. The van der Waals surface area contributed by atoms with Crippen molar-refractivity contribution in [2.24, 2.45) is 0 Å². The Morgan fingerprint density at radius 1 is 1.00 bits per heavy atom. The molecule has 3 aromatic heterocycles. The molecule has 0 aliphatic heterocycles. The van der Waals surface area contributed by atoms with E-state index in [-0.39, 0.29) is 28.1 Å². The smallest absolute Gasteiger partial charge is 0.419 e. The van der Waals surface area contributed by atoms with E-state index in [4.69, 9.17) is 4.74 Å². The molecule has 0 fully saturated rings. The molecule has 0 N–H and O–H groups in total. The highest BCUT2D eigenvalue weighted by atomic mass is 32.2. The van der Waals surface area contributed by atoms with Crippen LogP contribution >= 0.6 is 0 Å². The SMILES string of the molecule is CC(C)c1nc2c(C(F)(F)F)cccn2c1-c1cccc(Oc2cccc(S(C)(=O)=O)c2)n1. The number of nitrogens with zero attached hydrogens (tertiary/aromatic N) is 3. The van der Waals surface area contributed by atoms with Crippen LogP contribution in [0.1, 0.15) is 31.0 Å². The van der Waals surface area contributed by atoms with Crippen LogP contribution < -0.4 is 4.74 Å². The minimum atomic E-state index is -4.55. The summed E-state index contributed by atoms with van der Waals surface area (Å²) in [6.45, 7) is 3.69. The zero-order chi connectivity index (χ0) is 24.0.